The molecule has 5 nitrogen and oxygen atoms in total. The Labute approximate surface area is 203 Å². The minimum atomic E-state index is -0.104. The summed E-state index contributed by atoms with van der Waals surface area (Å²) in [5.74, 6) is 2.21. The van der Waals surface area contributed by atoms with Gasteiger partial charge in [-0.05, 0) is 48.0 Å². The van der Waals surface area contributed by atoms with Crippen molar-refractivity contribution in [3.8, 4) is 17.2 Å². The lowest BCUT2D eigenvalue weighted by Gasteiger charge is -2.13. The Morgan fingerprint density at radius 1 is 0.879 bits per heavy atom. The third kappa shape index (κ3) is 5.94. The lowest BCUT2D eigenvalue weighted by atomic mass is 10.2. The zero-order valence-corrected chi connectivity index (χ0v) is 19.7. The second-order valence-electron chi connectivity index (χ2n) is 7.15. The third-order valence-corrected chi connectivity index (χ3v) is 6.16. The smallest absolute Gasteiger partial charge is 0.270 e. The van der Waals surface area contributed by atoms with Gasteiger partial charge in [0.2, 0.25) is 0 Å². The number of thioether (sulfide) groups is 1. The van der Waals surface area contributed by atoms with Crippen LogP contribution < -0.4 is 19.1 Å². The first-order valence-corrected chi connectivity index (χ1v) is 11.7. The van der Waals surface area contributed by atoms with Gasteiger partial charge in [0.1, 0.15) is 17.2 Å². The van der Waals surface area contributed by atoms with E-state index in [1.54, 1.807) is 12.0 Å². The lowest BCUT2D eigenvalue weighted by molar-refractivity contribution is -0.113. The van der Waals surface area contributed by atoms with E-state index in [1.807, 2.05) is 84.9 Å². The summed E-state index contributed by atoms with van der Waals surface area (Å²) >= 11 is 6.73. The summed E-state index contributed by atoms with van der Waals surface area (Å²) in [7, 11) is 1.63. The highest BCUT2D eigenvalue weighted by atomic mass is 32.2. The number of nitrogens with zero attached hydrogens (tertiary/aromatic N) is 1. The van der Waals surface area contributed by atoms with Gasteiger partial charge in [0, 0.05) is 12.5 Å². The quantitative estimate of drug-likeness (QED) is 0.216. The molecule has 0 aliphatic carbocycles. The van der Waals surface area contributed by atoms with Crippen LogP contribution in [0.4, 0.5) is 5.69 Å². The molecule has 0 unspecified atom stereocenters. The van der Waals surface area contributed by atoms with Gasteiger partial charge in [0.05, 0.1) is 30.9 Å². The monoisotopic (exact) mass is 477 g/mol. The van der Waals surface area contributed by atoms with Crippen molar-refractivity contribution in [2.75, 3.05) is 25.2 Å². The van der Waals surface area contributed by atoms with Gasteiger partial charge in [-0.15, -0.1) is 0 Å². The maximum Gasteiger partial charge on any atom is 0.270 e. The minimum absolute atomic E-state index is 0.104. The maximum absolute atomic E-state index is 12.8. The molecule has 1 heterocycles. The van der Waals surface area contributed by atoms with E-state index in [0.717, 1.165) is 34.9 Å². The molecule has 0 radical (unpaired) electrons. The van der Waals surface area contributed by atoms with Crippen LogP contribution in [0.3, 0.4) is 0 Å². The molecule has 1 saturated heterocycles. The number of hydrogen-bond acceptors (Lipinski definition) is 6. The van der Waals surface area contributed by atoms with Gasteiger partial charge in [-0.3, -0.25) is 9.69 Å². The highest BCUT2D eigenvalue weighted by Gasteiger charge is 2.33. The summed E-state index contributed by atoms with van der Waals surface area (Å²) in [4.78, 5) is 15.0. The Bertz CT molecular complexity index is 1150. The van der Waals surface area contributed by atoms with Gasteiger partial charge in [0.25, 0.3) is 5.91 Å². The Kier molecular flexibility index (Phi) is 7.65. The number of carbonyl (C=O) groups excluding carboxylic acids is 1. The van der Waals surface area contributed by atoms with Gasteiger partial charge >= 0.3 is 0 Å². The number of benzene rings is 3. The molecule has 1 aliphatic rings. The van der Waals surface area contributed by atoms with Gasteiger partial charge in [0.15, 0.2) is 4.32 Å². The summed E-state index contributed by atoms with van der Waals surface area (Å²) in [6, 6.07) is 24.6. The van der Waals surface area contributed by atoms with E-state index in [4.69, 9.17) is 26.4 Å². The largest absolute Gasteiger partial charge is 0.497 e. The van der Waals surface area contributed by atoms with Crippen LogP contribution in [0.2, 0.25) is 0 Å². The van der Waals surface area contributed by atoms with Crippen molar-refractivity contribution in [1.82, 2.24) is 0 Å². The number of para-hydroxylation sites is 1. The number of methoxy groups -OCH3 is 1. The van der Waals surface area contributed by atoms with Crippen LogP contribution in [0.15, 0.2) is 83.8 Å². The first kappa shape index (κ1) is 22.9. The number of amides is 1. The third-order valence-electron chi connectivity index (χ3n) is 4.85. The molecule has 0 aromatic heterocycles. The second kappa shape index (κ2) is 11.0. The van der Waals surface area contributed by atoms with Crippen LogP contribution in [0.5, 0.6) is 17.2 Å². The average molecular weight is 478 g/mol. The molecule has 0 N–H and O–H groups in total. The van der Waals surface area contributed by atoms with Gasteiger partial charge in [-0.1, -0.05) is 60.4 Å². The lowest BCUT2D eigenvalue weighted by Crippen LogP contribution is -2.27. The minimum Gasteiger partial charge on any atom is -0.497 e. The molecule has 1 amide bonds. The van der Waals surface area contributed by atoms with Crippen LogP contribution in [0, 0.1) is 0 Å². The van der Waals surface area contributed by atoms with Crippen molar-refractivity contribution in [1.29, 1.82) is 0 Å². The summed E-state index contributed by atoms with van der Waals surface area (Å²) in [5.41, 5.74) is 1.69. The molecule has 1 aliphatic heterocycles. The standard InChI is InChI=1S/C26H23NO4S2/c1-29-22-9-5-10-23(18-22)31-16-6-15-30-21-13-11-19(12-14-21)17-24-25(28)27(26(32)33-24)20-7-3-2-4-8-20/h2-5,7-14,17-18H,6,15-16H2,1H3/b24-17+. The van der Waals surface area contributed by atoms with E-state index in [1.165, 1.54) is 11.8 Å². The number of hydrogen-bond donors (Lipinski definition) is 0. The van der Waals surface area contributed by atoms with Crippen LogP contribution in [0.1, 0.15) is 12.0 Å². The van der Waals surface area contributed by atoms with Gasteiger partial charge in [-0.2, -0.15) is 0 Å². The fraction of sp³-hybridized carbons (Fsp3) is 0.154. The first-order chi connectivity index (χ1) is 16.1. The fourth-order valence-corrected chi connectivity index (χ4v) is 4.51. The molecule has 33 heavy (non-hydrogen) atoms. The van der Waals surface area contributed by atoms with Crippen molar-refractivity contribution in [3.63, 3.8) is 0 Å². The zero-order valence-electron chi connectivity index (χ0n) is 18.1. The van der Waals surface area contributed by atoms with E-state index in [2.05, 4.69) is 0 Å². The van der Waals surface area contributed by atoms with Gasteiger partial charge in [-0.25, -0.2) is 0 Å². The number of carbonyl (C=O) groups is 1. The molecular weight excluding hydrogens is 454 g/mol. The van der Waals surface area contributed by atoms with Crippen molar-refractivity contribution in [2.45, 2.75) is 6.42 Å². The summed E-state index contributed by atoms with van der Waals surface area (Å²) in [6.07, 6.45) is 2.61. The zero-order chi connectivity index (χ0) is 23.0. The molecule has 0 saturated carbocycles. The first-order valence-electron chi connectivity index (χ1n) is 10.5. The highest BCUT2D eigenvalue weighted by molar-refractivity contribution is 8.27. The number of ether oxygens (including phenoxy) is 3. The van der Waals surface area contributed by atoms with E-state index < -0.39 is 0 Å². The van der Waals surface area contributed by atoms with Crippen molar-refractivity contribution >= 4 is 46.0 Å². The van der Waals surface area contributed by atoms with E-state index in [-0.39, 0.29) is 5.91 Å². The molecule has 0 bridgehead atoms. The van der Waals surface area contributed by atoms with Gasteiger partial charge < -0.3 is 14.2 Å². The van der Waals surface area contributed by atoms with E-state index >= 15 is 0 Å². The van der Waals surface area contributed by atoms with E-state index in [0.29, 0.717) is 22.4 Å². The number of anilines is 1. The summed E-state index contributed by atoms with van der Waals surface area (Å²) in [6.45, 7) is 1.09. The Morgan fingerprint density at radius 2 is 1.58 bits per heavy atom. The molecular formula is C26H23NO4S2. The number of rotatable bonds is 9. The Hall–Kier alpha value is -3.29. The van der Waals surface area contributed by atoms with Crippen LogP contribution >= 0.6 is 24.0 Å². The van der Waals surface area contributed by atoms with E-state index in [9.17, 15) is 4.79 Å². The summed E-state index contributed by atoms with van der Waals surface area (Å²) in [5, 5.41) is 0. The predicted molar refractivity (Wildman–Crippen MR) is 137 cm³/mol. The maximum atomic E-state index is 12.8. The molecule has 7 heteroatoms. The average Bonchev–Trinajstić information content (AvgIpc) is 3.13. The topological polar surface area (TPSA) is 48.0 Å². The molecule has 0 atom stereocenters. The molecule has 0 spiro atoms. The highest BCUT2D eigenvalue weighted by Crippen LogP contribution is 2.36. The van der Waals surface area contributed by atoms with Crippen molar-refractivity contribution < 1.29 is 19.0 Å². The molecule has 1 fully saturated rings. The fourth-order valence-electron chi connectivity index (χ4n) is 3.21. The molecule has 3 aromatic rings. The van der Waals surface area contributed by atoms with Crippen molar-refractivity contribution in [3.05, 3.63) is 89.3 Å². The van der Waals surface area contributed by atoms with Crippen LogP contribution in [-0.4, -0.2) is 30.6 Å². The normalized spacial score (nSPS) is 14.6. The molecule has 3 aromatic carbocycles. The van der Waals surface area contributed by atoms with Crippen molar-refractivity contribution in [2.24, 2.45) is 0 Å². The molecule has 168 valence electrons. The number of thiocarbonyl (C=S) groups is 1. The van der Waals surface area contributed by atoms with Crippen LogP contribution in [0.25, 0.3) is 6.08 Å². The predicted octanol–water partition coefficient (Wildman–Crippen LogP) is 5.95. The summed E-state index contributed by atoms with van der Waals surface area (Å²) < 4.78 is 17.2. The SMILES string of the molecule is COc1cccc(OCCCOc2ccc(/C=C3/SC(=S)N(c4ccccc4)C3=O)cc2)c1. The molecule has 4 rings (SSSR count). The second-order valence-corrected chi connectivity index (χ2v) is 8.83. The Balaban J connectivity index is 1.27. The Morgan fingerprint density at radius 3 is 2.30 bits per heavy atom. The van der Waals surface area contributed by atoms with Crippen LogP contribution in [-0.2, 0) is 4.79 Å².